The van der Waals surface area contributed by atoms with E-state index in [1.165, 1.54) is 13.2 Å². The summed E-state index contributed by atoms with van der Waals surface area (Å²) in [6, 6.07) is 2.43. The van der Waals surface area contributed by atoms with E-state index >= 15 is 0 Å². The third-order valence-corrected chi connectivity index (χ3v) is 3.24. The first kappa shape index (κ1) is 18.0. The number of benzene rings is 1. The number of carbonyl (C=O) groups is 3. The molecule has 0 atom stereocenters. The molecule has 120 valence electrons. The predicted octanol–water partition coefficient (Wildman–Crippen LogP) is 1.88. The van der Waals surface area contributed by atoms with Crippen molar-refractivity contribution in [3.8, 4) is 11.5 Å². The Bertz CT molecular complexity index is 562. The Morgan fingerprint density at radius 3 is 2.64 bits per heavy atom. The monoisotopic (exact) mass is 372 g/mol. The summed E-state index contributed by atoms with van der Waals surface area (Å²) < 4.78 is 11.0. The number of ether oxygens (including phenoxy) is 2. The maximum Gasteiger partial charge on any atom is 0.321 e. The lowest BCUT2D eigenvalue weighted by Gasteiger charge is -2.12. The minimum Gasteiger partial charge on any atom is -0.493 e. The van der Waals surface area contributed by atoms with E-state index in [0.717, 1.165) is 6.42 Å². The van der Waals surface area contributed by atoms with Gasteiger partial charge in [0.05, 0.1) is 7.11 Å². The second-order valence-electron chi connectivity index (χ2n) is 4.24. The molecule has 0 spiro atoms. The van der Waals surface area contributed by atoms with E-state index in [4.69, 9.17) is 9.47 Å². The van der Waals surface area contributed by atoms with Gasteiger partial charge in [-0.3, -0.25) is 14.9 Å². The first-order valence-electron chi connectivity index (χ1n) is 6.55. The number of methoxy groups -OCH3 is 1. The number of nitrogens with one attached hydrogen (secondary N) is 2. The van der Waals surface area contributed by atoms with E-state index in [9.17, 15) is 14.4 Å². The number of hydrogen-bond donors (Lipinski definition) is 2. The molecule has 0 aliphatic heterocycles. The van der Waals surface area contributed by atoms with Crippen molar-refractivity contribution in [2.45, 2.75) is 13.3 Å². The van der Waals surface area contributed by atoms with Crippen LogP contribution in [0.5, 0.6) is 11.5 Å². The zero-order valence-electron chi connectivity index (χ0n) is 12.3. The Kier molecular flexibility index (Phi) is 7.38. The van der Waals surface area contributed by atoms with E-state index in [-0.39, 0.29) is 12.4 Å². The number of urea groups is 1. The van der Waals surface area contributed by atoms with Crippen LogP contribution in [0, 0.1) is 0 Å². The van der Waals surface area contributed by atoms with Crippen LogP contribution in [0.3, 0.4) is 0 Å². The number of hydrogen-bond acceptors (Lipinski definition) is 5. The molecule has 0 saturated carbocycles. The molecule has 1 rings (SSSR count). The van der Waals surface area contributed by atoms with E-state index < -0.39 is 11.9 Å². The number of halogens is 1. The molecule has 0 unspecified atom stereocenters. The summed E-state index contributed by atoms with van der Waals surface area (Å²) in [6.07, 6.45) is 1.41. The van der Waals surface area contributed by atoms with Crippen LogP contribution in [-0.4, -0.2) is 38.5 Å². The van der Waals surface area contributed by atoms with Gasteiger partial charge in [-0.25, -0.2) is 4.79 Å². The van der Waals surface area contributed by atoms with Crippen molar-refractivity contribution < 1.29 is 23.9 Å². The van der Waals surface area contributed by atoms with Crippen molar-refractivity contribution in [2.24, 2.45) is 0 Å². The van der Waals surface area contributed by atoms with Crippen LogP contribution in [-0.2, 0) is 4.79 Å². The molecular weight excluding hydrogens is 356 g/mol. The van der Waals surface area contributed by atoms with Gasteiger partial charge >= 0.3 is 6.03 Å². The third-order valence-electron chi connectivity index (χ3n) is 2.56. The lowest BCUT2D eigenvalue weighted by atomic mass is 10.2. The minimum atomic E-state index is -0.605. The second kappa shape index (κ2) is 9.04. The second-order valence-corrected chi connectivity index (χ2v) is 5.09. The molecular formula is C14H17BrN2O5. The van der Waals surface area contributed by atoms with Crippen LogP contribution >= 0.6 is 15.9 Å². The maximum atomic E-state index is 11.6. The summed E-state index contributed by atoms with van der Waals surface area (Å²) in [6.45, 7) is 1.99. The first-order valence-corrected chi connectivity index (χ1v) is 7.34. The molecule has 1 aromatic carbocycles. The molecule has 2 N–H and O–H groups in total. The maximum absolute atomic E-state index is 11.6. The fourth-order valence-electron chi connectivity index (χ4n) is 1.50. The van der Waals surface area contributed by atoms with Crippen molar-refractivity contribution >= 4 is 34.2 Å². The molecule has 0 aliphatic rings. The molecule has 0 bridgehead atoms. The zero-order valence-corrected chi connectivity index (χ0v) is 13.9. The van der Waals surface area contributed by atoms with Crippen LogP contribution in [0.2, 0.25) is 0 Å². The van der Waals surface area contributed by atoms with Crippen LogP contribution in [0.15, 0.2) is 16.6 Å². The number of imide groups is 1. The standard InChI is InChI=1S/C14H17BrN2O5/c1-3-4-16-14(20)17-13(19)8-22-12-5-9(7-18)10(15)6-11(12)21-2/h5-7H,3-4,8H2,1-2H3,(H2,16,17,19,20). The molecule has 0 aromatic heterocycles. The smallest absolute Gasteiger partial charge is 0.321 e. The molecule has 0 heterocycles. The highest BCUT2D eigenvalue weighted by atomic mass is 79.9. The fourth-order valence-corrected chi connectivity index (χ4v) is 1.92. The summed E-state index contributed by atoms with van der Waals surface area (Å²) in [7, 11) is 1.44. The van der Waals surface area contributed by atoms with Gasteiger partial charge in [0.25, 0.3) is 5.91 Å². The van der Waals surface area contributed by atoms with Gasteiger partial charge in [0.2, 0.25) is 0 Å². The van der Waals surface area contributed by atoms with Gasteiger partial charge in [0, 0.05) is 16.6 Å². The molecule has 0 aliphatic carbocycles. The summed E-state index contributed by atoms with van der Waals surface area (Å²) >= 11 is 3.22. The molecule has 0 fully saturated rings. The van der Waals surface area contributed by atoms with Crippen molar-refractivity contribution in [1.82, 2.24) is 10.6 Å². The minimum absolute atomic E-state index is 0.233. The Morgan fingerprint density at radius 1 is 1.32 bits per heavy atom. The van der Waals surface area contributed by atoms with Crippen LogP contribution in [0.25, 0.3) is 0 Å². The molecule has 0 radical (unpaired) electrons. The van der Waals surface area contributed by atoms with Gasteiger partial charge in [-0.15, -0.1) is 0 Å². The Morgan fingerprint density at radius 2 is 2.05 bits per heavy atom. The van der Waals surface area contributed by atoms with Gasteiger partial charge < -0.3 is 14.8 Å². The van der Waals surface area contributed by atoms with Crippen LogP contribution in [0.4, 0.5) is 4.79 Å². The van der Waals surface area contributed by atoms with Crippen LogP contribution in [0.1, 0.15) is 23.7 Å². The van der Waals surface area contributed by atoms with Crippen molar-refractivity contribution in [3.05, 3.63) is 22.2 Å². The normalized spacial score (nSPS) is 9.77. The van der Waals surface area contributed by atoms with Gasteiger partial charge in [-0.2, -0.15) is 0 Å². The lowest BCUT2D eigenvalue weighted by Crippen LogP contribution is -2.41. The average molecular weight is 373 g/mol. The molecule has 22 heavy (non-hydrogen) atoms. The Hall–Kier alpha value is -2.09. The summed E-state index contributed by atoms with van der Waals surface area (Å²) in [5.41, 5.74) is 0.358. The van der Waals surface area contributed by atoms with E-state index in [0.29, 0.717) is 28.6 Å². The predicted molar refractivity (Wildman–Crippen MR) is 83.4 cm³/mol. The number of amides is 3. The molecule has 7 nitrogen and oxygen atoms in total. The van der Waals surface area contributed by atoms with Crippen molar-refractivity contribution in [3.63, 3.8) is 0 Å². The fraction of sp³-hybridized carbons (Fsp3) is 0.357. The zero-order chi connectivity index (χ0) is 16.5. The van der Waals surface area contributed by atoms with E-state index in [1.54, 1.807) is 6.07 Å². The number of carbonyl (C=O) groups excluding carboxylic acids is 3. The molecule has 0 saturated heterocycles. The SMILES string of the molecule is CCCNC(=O)NC(=O)COc1cc(C=O)c(Br)cc1OC. The highest BCUT2D eigenvalue weighted by Crippen LogP contribution is 2.32. The molecule has 1 aromatic rings. The first-order chi connectivity index (χ1) is 10.5. The van der Waals surface area contributed by atoms with Gasteiger partial charge in [-0.1, -0.05) is 6.92 Å². The molecule has 8 heteroatoms. The summed E-state index contributed by atoms with van der Waals surface area (Å²) in [4.78, 5) is 33.8. The molecule has 3 amide bonds. The third kappa shape index (κ3) is 5.36. The van der Waals surface area contributed by atoms with E-state index in [2.05, 4.69) is 26.6 Å². The number of aldehydes is 1. The van der Waals surface area contributed by atoms with Gasteiger partial charge in [-0.05, 0) is 34.5 Å². The van der Waals surface area contributed by atoms with E-state index in [1.807, 2.05) is 6.92 Å². The quantitative estimate of drug-likeness (QED) is 0.712. The highest BCUT2D eigenvalue weighted by molar-refractivity contribution is 9.10. The van der Waals surface area contributed by atoms with Crippen LogP contribution < -0.4 is 20.1 Å². The van der Waals surface area contributed by atoms with Crippen molar-refractivity contribution in [1.29, 1.82) is 0 Å². The summed E-state index contributed by atoms with van der Waals surface area (Å²) in [5, 5.41) is 4.63. The number of rotatable bonds is 7. The lowest BCUT2D eigenvalue weighted by molar-refractivity contribution is -0.122. The topological polar surface area (TPSA) is 93.7 Å². The van der Waals surface area contributed by atoms with Gasteiger partial charge in [0.15, 0.2) is 24.4 Å². The van der Waals surface area contributed by atoms with Crippen molar-refractivity contribution in [2.75, 3.05) is 20.3 Å². The summed E-state index contributed by atoms with van der Waals surface area (Å²) in [5.74, 6) is -0.0103. The Balaban J connectivity index is 2.65. The Labute approximate surface area is 136 Å². The highest BCUT2D eigenvalue weighted by Gasteiger charge is 2.13. The van der Waals surface area contributed by atoms with Gasteiger partial charge in [0.1, 0.15) is 0 Å². The average Bonchev–Trinajstić information content (AvgIpc) is 2.51. The largest absolute Gasteiger partial charge is 0.493 e.